The van der Waals surface area contributed by atoms with Gasteiger partial charge in [-0.1, -0.05) is 25.5 Å². The van der Waals surface area contributed by atoms with Gasteiger partial charge in [-0.3, -0.25) is 9.59 Å². The maximum Gasteiger partial charge on any atom is 0.248 e. The lowest BCUT2D eigenvalue weighted by molar-refractivity contribution is -0.138. The highest BCUT2D eigenvalue weighted by Gasteiger charge is 2.31. The Labute approximate surface area is 232 Å². The molecule has 1 N–H and O–H groups in total. The van der Waals surface area contributed by atoms with Crippen molar-refractivity contribution >= 4 is 23.6 Å². The Morgan fingerprint density at radius 3 is 2.13 bits per heavy atom. The molecule has 1 aliphatic heterocycles. The van der Waals surface area contributed by atoms with Crippen LogP contribution in [-0.4, -0.2) is 51.1 Å². The van der Waals surface area contributed by atoms with Crippen LogP contribution in [0.4, 0.5) is 5.69 Å². The monoisotopic (exact) mass is 534 g/mol. The minimum Gasteiger partial charge on any atom is -0.493 e. The number of amides is 2. The van der Waals surface area contributed by atoms with Crippen LogP contribution in [0.1, 0.15) is 68.9 Å². The molecule has 2 fully saturated rings. The summed E-state index contributed by atoms with van der Waals surface area (Å²) >= 11 is 0. The number of rotatable bonds is 9. The highest BCUT2D eigenvalue weighted by Crippen LogP contribution is 2.40. The van der Waals surface area contributed by atoms with Crippen molar-refractivity contribution in [2.75, 3.05) is 39.7 Å². The standard InChI is InChI=1S/C32H42N2O5/c1-5-22-6-8-26(9-7-22)32(36)34-20-18-24(19-21-34)23-10-14-27(15-11-23)33-29(35)17-13-25-12-16-28(37-2)31(39-4)30(25)38-3/h10-17,22,24,26H,5-9,18-21H2,1-4H3,(H,33,35)/b17-13+. The van der Waals surface area contributed by atoms with Gasteiger partial charge in [0.05, 0.1) is 21.3 Å². The normalized spacial score (nSPS) is 20.1. The molecule has 7 heteroatoms. The molecule has 2 amide bonds. The number of anilines is 1. The van der Waals surface area contributed by atoms with Gasteiger partial charge >= 0.3 is 0 Å². The molecule has 2 aliphatic rings. The number of nitrogens with zero attached hydrogens (tertiary/aromatic N) is 1. The van der Waals surface area contributed by atoms with Crippen LogP contribution in [-0.2, 0) is 9.59 Å². The lowest BCUT2D eigenvalue weighted by Gasteiger charge is -2.36. The molecule has 1 saturated heterocycles. The summed E-state index contributed by atoms with van der Waals surface area (Å²) in [6.45, 7) is 3.93. The van der Waals surface area contributed by atoms with Crippen molar-refractivity contribution in [3.8, 4) is 17.2 Å². The fourth-order valence-electron chi connectivity index (χ4n) is 5.95. The summed E-state index contributed by atoms with van der Waals surface area (Å²) in [7, 11) is 4.66. The van der Waals surface area contributed by atoms with Crippen LogP contribution in [0.2, 0.25) is 0 Å². The zero-order chi connectivity index (χ0) is 27.8. The number of carbonyl (C=O) groups excluding carboxylic acids is 2. The number of nitrogens with one attached hydrogen (secondary N) is 1. The van der Waals surface area contributed by atoms with E-state index in [2.05, 4.69) is 29.3 Å². The van der Waals surface area contributed by atoms with Gasteiger partial charge in [-0.25, -0.2) is 0 Å². The summed E-state index contributed by atoms with van der Waals surface area (Å²) in [5, 5.41) is 2.92. The number of likely N-dealkylation sites (tertiary alicyclic amines) is 1. The van der Waals surface area contributed by atoms with Crippen LogP contribution in [0.3, 0.4) is 0 Å². The number of carbonyl (C=O) groups is 2. The van der Waals surface area contributed by atoms with Crippen LogP contribution in [0, 0.1) is 11.8 Å². The number of piperidine rings is 1. The van der Waals surface area contributed by atoms with Gasteiger partial charge in [-0.15, -0.1) is 0 Å². The second-order valence-electron chi connectivity index (χ2n) is 10.6. The molecule has 0 aromatic heterocycles. The van der Waals surface area contributed by atoms with Gasteiger partial charge in [-0.2, -0.15) is 0 Å². The van der Waals surface area contributed by atoms with Crippen LogP contribution in [0.15, 0.2) is 42.5 Å². The molecule has 0 radical (unpaired) electrons. The lowest BCUT2D eigenvalue weighted by Crippen LogP contribution is -2.42. The van der Waals surface area contributed by atoms with Crippen LogP contribution < -0.4 is 19.5 Å². The molecule has 210 valence electrons. The summed E-state index contributed by atoms with van der Waals surface area (Å²) in [5.41, 5.74) is 2.70. The SMILES string of the molecule is CCC1CCC(C(=O)N2CCC(c3ccc(NC(=O)/C=C/c4ccc(OC)c(OC)c4OC)cc3)CC2)CC1. The van der Waals surface area contributed by atoms with Gasteiger partial charge in [0.2, 0.25) is 17.6 Å². The van der Waals surface area contributed by atoms with Crippen molar-refractivity contribution < 1.29 is 23.8 Å². The largest absolute Gasteiger partial charge is 0.493 e. The average molecular weight is 535 g/mol. The third-order valence-electron chi connectivity index (χ3n) is 8.38. The first kappa shape index (κ1) is 28.5. The smallest absolute Gasteiger partial charge is 0.248 e. The number of ether oxygens (including phenoxy) is 3. The van der Waals surface area contributed by atoms with E-state index in [-0.39, 0.29) is 11.8 Å². The Hall–Kier alpha value is -3.48. The molecule has 1 saturated carbocycles. The number of benzene rings is 2. The minimum atomic E-state index is -0.237. The molecule has 7 nitrogen and oxygen atoms in total. The van der Waals surface area contributed by atoms with E-state index < -0.39 is 0 Å². The lowest BCUT2D eigenvalue weighted by atomic mass is 9.80. The summed E-state index contributed by atoms with van der Waals surface area (Å²) in [6, 6.07) is 11.7. The molecule has 2 aromatic carbocycles. The fraction of sp³-hybridized carbons (Fsp3) is 0.500. The van der Waals surface area contributed by atoms with Crippen molar-refractivity contribution in [1.82, 2.24) is 4.90 Å². The molecular weight excluding hydrogens is 492 g/mol. The topological polar surface area (TPSA) is 77.1 Å². The number of hydrogen-bond donors (Lipinski definition) is 1. The minimum absolute atomic E-state index is 0.231. The third-order valence-corrected chi connectivity index (χ3v) is 8.38. The number of hydrogen-bond acceptors (Lipinski definition) is 5. The van der Waals surface area contributed by atoms with Gasteiger partial charge in [0.15, 0.2) is 11.5 Å². The van der Waals surface area contributed by atoms with Gasteiger partial charge in [0.1, 0.15) is 0 Å². The van der Waals surface area contributed by atoms with Crippen LogP contribution in [0.25, 0.3) is 6.08 Å². The van der Waals surface area contributed by atoms with Gasteiger partial charge in [-0.05, 0) is 86.3 Å². The quantitative estimate of drug-likeness (QED) is 0.383. The first-order chi connectivity index (χ1) is 19.0. The van der Waals surface area contributed by atoms with Crippen LogP contribution in [0.5, 0.6) is 17.2 Å². The summed E-state index contributed by atoms with van der Waals surface area (Å²) in [6.07, 6.45) is 10.9. The first-order valence-corrected chi connectivity index (χ1v) is 14.1. The summed E-state index contributed by atoms with van der Waals surface area (Å²) < 4.78 is 16.2. The Morgan fingerprint density at radius 2 is 1.54 bits per heavy atom. The number of methoxy groups -OCH3 is 3. The highest BCUT2D eigenvalue weighted by molar-refractivity contribution is 6.02. The second-order valence-corrected chi connectivity index (χ2v) is 10.6. The van der Waals surface area contributed by atoms with Crippen molar-refractivity contribution in [2.24, 2.45) is 11.8 Å². The highest BCUT2D eigenvalue weighted by atomic mass is 16.5. The van der Waals surface area contributed by atoms with E-state index in [0.29, 0.717) is 34.6 Å². The molecule has 0 atom stereocenters. The maximum absolute atomic E-state index is 13.0. The molecular formula is C32H42N2O5. The van der Waals surface area contributed by atoms with E-state index in [1.807, 2.05) is 18.2 Å². The van der Waals surface area contributed by atoms with Gasteiger partial charge in [0, 0.05) is 36.3 Å². The van der Waals surface area contributed by atoms with Gasteiger partial charge in [0.25, 0.3) is 0 Å². The van der Waals surface area contributed by atoms with Gasteiger partial charge < -0.3 is 24.4 Å². The van der Waals surface area contributed by atoms with Crippen LogP contribution >= 0.6 is 0 Å². The maximum atomic E-state index is 13.0. The zero-order valence-corrected chi connectivity index (χ0v) is 23.7. The Balaban J connectivity index is 1.28. The third kappa shape index (κ3) is 6.94. The molecule has 0 unspecified atom stereocenters. The van der Waals surface area contributed by atoms with Crippen molar-refractivity contribution in [3.63, 3.8) is 0 Å². The fourth-order valence-corrected chi connectivity index (χ4v) is 5.95. The predicted octanol–water partition coefficient (Wildman–Crippen LogP) is 6.29. The van der Waals surface area contributed by atoms with E-state index in [1.54, 1.807) is 33.5 Å². The molecule has 1 aliphatic carbocycles. The Morgan fingerprint density at radius 1 is 0.872 bits per heavy atom. The molecule has 39 heavy (non-hydrogen) atoms. The van der Waals surface area contributed by atoms with E-state index in [1.165, 1.54) is 30.9 Å². The first-order valence-electron chi connectivity index (χ1n) is 14.1. The van der Waals surface area contributed by atoms with Crippen molar-refractivity contribution in [2.45, 2.75) is 57.8 Å². The van der Waals surface area contributed by atoms with E-state index in [0.717, 1.165) is 50.4 Å². The Bertz CT molecular complexity index is 1140. The molecule has 0 spiro atoms. The Kier molecular flexibility index (Phi) is 9.90. The average Bonchev–Trinajstić information content (AvgIpc) is 2.99. The summed E-state index contributed by atoms with van der Waals surface area (Å²) in [5.74, 6) is 3.15. The molecule has 2 aromatic rings. The molecule has 4 rings (SSSR count). The molecule has 0 bridgehead atoms. The van der Waals surface area contributed by atoms with Crippen molar-refractivity contribution in [1.29, 1.82) is 0 Å². The van der Waals surface area contributed by atoms with Crippen molar-refractivity contribution in [3.05, 3.63) is 53.6 Å². The summed E-state index contributed by atoms with van der Waals surface area (Å²) in [4.78, 5) is 27.7. The zero-order valence-electron chi connectivity index (χ0n) is 23.7. The van der Waals surface area contributed by atoms with E-state index in [4.69, 9.17) is 14.2 Å². The van der Waals surface area contributed by atoms with E-state index in [9.17, 15) is 9.59 Å². The molecule has 1 heterocycles. The van der Waals surface area contributed by atoms with E-state index >= 15 is 0 Å². The predicted molar refractivity (Wildman–Crippen MR) is 154 cm³/mol. The second kappa shape index (κ2) is 13.5.